The normalized spacial score (nSPS) is 12.3. The number of hydrogen-bond donors (Lipinski definition) is 1. The van der Waals surface area contributed by atoms with Crippen LogP contribution in [0.3, 0.4) is 0 Å². The first kappa shape index (κ1) is 19.8. The molecule has 1 N–H and O–H groups in total. The predicted molar refractivity (Wildman–Crippen MR) is 113 cm³/mol. The molecule has 0 fully saturated rings. The monoisotopic (exact) mass is 616 g/mol. The van der Waals surface area contributed by atoms with E-state index in [9.17, 15) is 21.4 Å². The van der Waals surface area contributed by atoms with Crippen LogP contribution in [0.2, 0.25) is 0 Å². The van der Waals surface area contributed by atoms with Gasteiger partial charge in [-0.1, -0.05) is 36.4 Å². The van der Waals surface area contributed by atoms with Gasteiger partial charge in [-0.05, 0) is 68.8 Å². The Morgan fingerprint density at radius 2 is 1.42 bits per heavy atom. The lowest BCUT2D eigenvalue weighted by molar-refractivity contribution is 0.480. The maximum absolute atomic E-state index is 12.7. The molecule has 0 saturated carbocycles. The maximum atomic E-state index is 12.7. The first-order chi connectivity index (χ1) is 12.1. The van der Waals surface area contributed by atoms with Crippen LogP contribution in [-0.2, 0) is 20.2 Å². The first-order valence-corrected chi connectivity index (χ1v) is 12.0. The topological polar surface area (TPSA) is 97.7 Å². The number of hydrogen-bond acceptors (Lipinski definition) is 5. The van der Waals surface area contributed by atoms with Crippen molar-refractivity contribution in [1.29, 1.82) is 0 Å². The Balaban J connectivity index is 2.08. The van der Waals surface area contributed by atoms with E-state index in [2.05, 4.69) is 0 Å². The zero-order valence-electron chi connectivity index (χ0n) is 12.8. The van der Waals surface area contributed by atoms with Gasteiger partial charge in [-0.25, -0.2) is 0 Å². The van der Waals surface area contributed by atoms with Crippen molar-refractivity contribution in [3.8, 4) is 5.75 Å². The maximum Gasteiger partial charge on any atom is 0.339 e. The summed E-state index contributed by atoms with van der Waals surface area (Å²) in [5.41, 5.74) is 0. The van der Waals surface area contributed by atoms with Crippen LogP contribution in [0.1, 0.15) is 0 Å². The number of halogens is 2. The Hall–Kier alpha value is -0.960. The lowest BCUT2D eigenvalue weighted by atomic mass is 10.1. The third kappa shape index (κ3) is 3.98. The molecule has 0 aromatic heterocycles. The highest BCUT2D eigenvalue weighted by Crippen LogP contribution is 2.31. The smallest absolute Gasteiger partial charge is 0.339 e. The fourth-order valence-electron chi connectivity index (χ4n) is 2.42. The van der Waals surface area contributed by atoms with Crippen molar-refractivity contribution in [3.05, 3.63) is 61.7 Å². The van der Waals surface area contributed by atoms with Gasteiger partial charge in [-0.2, -0.15) is 16.8 Å². The molecule has 0 aliphatic heterocycles. The highest BCUT2D eigenvalue weighted by atomic mass is 127. The van der Waals surface area contributed by atoms with Gasteiger partial charge in [0.05, 0.1) is 0 Å². The molecule has 3 aromatic rings. The van der Waals surface area contributed by atoms with Crippen molar-refractivity contribution < 1.29 is 25.6 Å². The Morgan fingerprint density at radius 1 is 0.846 bits per heavy atom. The standard InChI is InChI=1S/C16H10I2O6S2/c17-13-8-11(9-14(18)16(13)25(19,20)21)24-26(22,23)15-7-3-5-10-4-1-2-6-12(10)15/h1-9H,(H,19,20,21). The van der Waals surface area contributed by atoms with E-state index in [-0.39, 0.29) is 22.7 Å². The van der Waals surface area contributed by atoms with Gasteiger partial charge >= 0.3 is 10.1 Å². The van der Waals surface area contributed by atoms with Crippen LogP contribution in [0.4, 0.5) is 0 Å². The summed E-state index contributed by atoms with van der Waals surface area (Å²) in [5.74, 6) is -0.0425. The molecule has 3 rings (SSSR count). The third-order valence-corrected chi connectivity index (χ3v) is 8.15. The molecule has 10 heteroatoms. The molecule has 0 unspecified atom stereocenters. The van der Waals surface area contributed by atoms with Gasteiger partial charge in [0.15, 0.2) is 0 Å². The summed E-state index contributed by atoms with van der Waals surface area (Å²) in [6.07, 6.45) is 0. The zero-order chi connectivity index (χ0) is 19.1. The summed E-state index contributed by atoms with van der Waals surface area (Å²) >= 11 is 3.40. The van der Waals surface area contributed by atoms with Crippen molar-refractivity contribution in [2.75, 3.05) is 0 Å². The van der Waals surface area contributed by atoms with E-state index in [1.54, 1.807) is 81.6 Å². The van der Waals surface area contributed by atoms with E-state index in [0.29, 0.717) is 5.39 Å². The Bertz CT molecular complexity index is 1190. The highest BCUT2D eigenvalue weighted by Gasteiger charge is 2.23. The van der Waals surface area contributed by atoms with E-state index in [0.717, 1.165) is 5.39 Å². The minimum absolute atomic E-state index is 0.0134. The fourth-order valence-corrected chi connectivity index (χ4v) is 7.55. The van der Waals surface area contributed by atoms with Gasteiger partial charge in [0.25, 0.3) is 10.1 Å². The van der Waals surface area contributed by atoms with Crippen LogP contribution in [0.25, 0.3) is 10.8 Å². The summed E-state index contributed by atoms with van der Waals surface area (Å²) in [7, 11) is -8.57. The van der Waals surface area contributed by atoms with E-state index in [4.69, 9.17) is 4.18 Å². The van der Waals surface area contributed by atoms with Crippen LogP contribution in [0, 0.1) is 7.14 Å². The first-order valence-electron chi connectivity index (χ1n) is 6.98. The van der Waals surface area contributed by atoms with Crippen LogP contribution >= 0.6 is 45.2 Å². The molecule has 0 atom stereocenters. The van der Waals surface area contributed by atoms with Gasteiger partial charge in [0, 0.05) is 12.5 Å². The number of benzene rings is 3. The lowest BCUT2D eigenvalue weighted by Crippen LogP contribution is -2.11. The van der Waals surface area contributed by atoms with Crippen LogP contribution in [0.5, 0.6) is 5.75 Å². The second-order valence-corrected chi connectivity index (χ2v) is 10.4. The van der Waals surface area contributed by atoms with Crippen LogP contribution in [-0.4, -0.2) is 21.4 Å². The molecule has 0 radical (unpaired) electrons. The van der Waals surface area contributed by atoms with Crippen molar-refractivity contribution in [3.63, 3.8) is 0 Å². The molecule has 0 spiro atoms. The molecule has 0 amide bonds. The van der Waals surface area contributed by atoms with Crippen molar-refractivity contribution in [1.82, 2.24) is 0 Å². The average molecular weight is 616 g/mol. The molecule has 6 nitrogen and oxygen atoms in total. The third-order valence-electron chi connectivity index (χ3n) is 3.45. The number of rotatable bonds is 4. The molecular formula is C16H10I2O6S2. The van der Waals surface area contributed by atoms with Crippen molar-refractivity contribution >= 4 is 76.2 Å². The summed E-state index contributed by atoms with van der Waals surface area (Å²) in [5, 5.41) is 1.28. The van der Waals surface area contributed by atoms with Crippen LogP contribution < -0.4 is 4.18 Å². The van der Waals surface area contributed by atoms with E-state index in [1.807, 2.05) is 0 Å². The summed E-state index contributed by atoms with van der Waals surface area (Å²) in [6, 6.07) is 14.4. The SMILES string of the molecule is O=S(=O)(O)c1c(I)cc(OS(=O)(=O)c2cccc3ccccc23)cc1I. The molecule has 0 aliphatic rings. The fraction of sp³-hybridized carbons (Fsp3) is 0. The van der Waals surface area contributed by atoms with E-state index < -0.39 is 20.2 Å². The van der Waals surface area contributed by atoms with Crippen LogP contribution in [0.15, 0.2) is 64.4 Å². The summed E-state index contributed by atoms with van der Waals surface area (Å²) < 4.78 is 63.1. The van der Waals surface area contributed by atoms with Crippen molar-refractivity contribution in [2.45, 2.75) is 9.79 Å². The Kier molecular flexibility index (Phi) is 5.50. The second-order valence-electron chi connectivity index (χ2n) is 5.21. The molecule has 0 aliphatic carbocycles. The Labute approximate surface area is 177 Å². The lowest BCUT2D eigenvalue weighted by Gasteiger charge is -2.12. The highest BCUT2D eigenvalue weighted by molar-refractivity contribution is 14.1. The number of fused-ring (bicyclic) bond motifs is 1. The molecule has 0 heterocycles. The quantitative estimate of drug-likeness (QED) is 0.270. The van der Waals surface area contributed by atoms with Gasteiger partial charge in [0.1, 0.15) is 15.5 Å². The van der Waals surface area contributed by atoms with Gasteiger partial charge in [-0.15, -0.1) is 0 Å². The van der Waals surface area contributed by atoms with Gasteiger partial charge < -0.3 is 4.18 Å². The van der Waals surface area contributed by atoms with E-state index >= 15 is 0 Å². The molecule has 0 saturated heterocycles. The molecule has 26 heavy (non-hydrogen) atoms. The molecular weight excluding hydrogens is 606 g/mol. The average Bonchev–Trinajstić information content (AvgIpc) is 2.51. The molecule has 136 valence electrons. The van der Waals surface area contributed by atoms with E-state index in [1.165, 1.54) is 18.2 Å². The minimum atomic E-state index is -4.43. The van der Waals surface area contributed by atoms with Gasteiger partial charge in [0.2, 0.25) is 0 Å². The largest absolute Gasteiger partial charge is 0.379 e. The minimum Gasteiger partial charge on any atom is -0.379 e. The second kappa shape index (κ2) is 7.22. The van der Waals surface area contributed by atoms with Crippen molar-refractivity contribution in [2.24, 2.45) is 0 Å². The summed E-state index contributed by atoms with van der Waals surface area (Å²) in [6.45, 7) is 0. The predicted octanol–water partition coefficient (Wildman–Crippen LogP) is 4.06. The molecule has 0 bridgehead atoms. The summed E-state index contributed by atoms with van der Waals surface area (Å²) in [4.78, 5) is -0.270. The Morgan fingerprint density at radius 3 is 2.04 bits per heavy atom. The molecule has 3 aromatic carbocycles. The van der Waals surface area contributed by atoms with Gasteiger partial charge in [-0.3, -0.25) is 4.55 Å². The zero-order valence-corrected chi connectivity index (χ0v) is 18.7.